The Morgan fingerprint density at radius 1 is 1.47 bits per heavy atom. The average Bonchev–Trinajstić information content (AvgIpc) is 3.16. The van der Waals surface area contributed by atoms with Gasteiger partial charge >= 0.3 is 0 Å². The molecule has 0 radical (unpaired) electrons. The van der Waals surface area contributed by atoms with E-state index in [1.54, 1.807) is 0 Å². The number of rotatable bonds is 6. The van der Waals surface area contributed by atoms with Crippen LogP contribution in [-0.4, -0.2) is 29.6 Å². The molecule has 1 aliphatic rings. The van der Waals surface area contributed by atoms with E-state index in [-0.39, 0.29) is 0 Å². The van der Waals surface area contributed by atoms with E-state index in [9.17, 15) is 0 Å². The fourth-order valence-corrected chi connectivity index (χ4v) is 2.02. The van der Waals surface area contributed by atoms with Crippen LogP contribution < -0.4 is 10.2 Å². The highest BCUT2D eigenvalue weighted by Gasteiger charge is 2.30. The van der Waals surface area contributed by atoms with Crippen molar-refractivity contribution in [3.63, 3.8) is 0 Å². The number of nitrogens with one attached hydrogen (secondary N) is 1. The lowest BCUT2D eigenvalue weighted by Crippen LogP contribution is -2.28. The highest BCUT2D eigenvalue weighted by atomic mass is 15.3. The van der Waals surface area contributed by atoms with Crippen molar-refractivity contribution in [1.29, 1.82) is 0 Å². The third-order valence-electron chi connectivity index (χ3n) is 3.18. The van der Waals surface area contributed by atoms with Gasteiger partial charge in [-0.15, -0.1) is 0 Å². The molecule has 0 bridgehead atoms. The van der Waals surface area contributed by atoms with E-state index in [0.29, 0.717) is 12.0 Å². The molecular weight excluding hydrogens is 212 g/mol. The predicted molar refractivity (Wildman–Crippen MR) is 71.6 cm³/mol. The standard InChI is InChI=1S/C13H22N4/c1-4-5-8-17(11-6-7-11)12-10(2)9-15-13(14-3)16-12/h9,11H,4-8H2,1-3H3,(H,14,15,16). The topological polar surface area (TPSA) is 41.1 Å². The van der Waals surface area contributed by atoms with Gasteiger partial charge < -0.3 is 10.2 Å². The van der Waals surface area contributed by atoms with Crippen molar-refractivity contribution < 1.29 is 0 Å². The molecular formula is C13H22N4. The highest BCUT2D eigenvalue weighted by Crippen LogP contribution is 2.32. The number of hydrogen-bond donors (Lipinski definition) is 1. The first-order valence-corrected chi connectivity index (χ1v) is 6.54. The SMILES string of the molecule is CCCCN(c1nc(NC)ncc1C)C1CC1. The minimum Gasteiger partial charge on any atom is -0.357 e. The largest absolute Gasteiger partial charge is 0.357 e. The molecule has 4 heteroatoms. The molecule has 17 heavy (non-hydrogen) atoms. The monoisotopic (exact) mass is 234 g/mol. The van der Waals surface area contributed by atoms with Crippen LogP contribution in [-0.2, 0) is 0 Å². The first-order valence-electron chi connectivity index (χ1n) is 6.54. The molecule has 1 N–H and O–H groups in total. The van der Waals surface area contributed by atoms with Gasteiger partial charge in [0.25, 0.3) is 0 Å². The van der Waals surface area contributed by atoms with E-state index in [1.807, 2.05) is 13.2 Å². The van der Waals surface area contributed by atoms with Gasteiger partial charge in [0, 0.05) is 31.4 Å². The maximum atomic E-state index is 4.61. The summed E-state index contributed by atoms with van der Waals surface area (Å²) in [5.74, 6) is 1.83. The lowest BCUT2D eigenvalue weighted by molar-refractivity contribution is 0.701. The number of aromatic nitrogens is 2. The van der Waals surface area contributed by atoms with Crippen molar-refractivity contribution in [3.8, 4) is 0 Å². The zero-order valence-electron chi connectivity index (χ0n) is 11.0. The molecule has 1 fully saturated rings. The molecule has 1 aromatic rings. The van der Waals surface area contributed by atoms with Crippen LogP contribution >= 0.6 is 0 Å². The van der Waals surface area contributed by atoms with Crippen LogP contribution in [0.1, 0.15) is 38.2 Å². The summed E-state index contributed by atoms with van der Waals surface area (Å²) in [7, 11) is 1.86. The van der Waals surface area contributed by atoms with E-state index >= 15 is 0 Å². The lowest BCUT2D eigenvalue weighted by Gasteiger charge is -2.25. The molecule has 94 valence electrons. The zero-order valence-corrected chi connectivity index (χ0v) is 11.0. The van der Waals surface area contributed by atoms with Crippen LogP contribution in [0.2, 0.25) is 0 Å². The van der Waals surface area contributed by atoms with Crippen molar-refractivity contribution in [2.75, 3.05) is 23.8 Å². The van der Waals surface area contributed by atoms with Gasteiger partial charge in [0.05, 0.1) is 0 Å². The zero-order chi connectivity index (χ0) is 12.3. The fourth-order valence-electron chi connectivity index (χ4n) is 2.02. The van der Waals surface area contributed by atoms with Gasteiger partial charge in [-0.2, -0.15) is 4.98 Å². The second-order valence-electron chi connectivity index (χ2n) is 4.73. The maximum Gasteiger partial charge on any atom is 0.224 e. The second kappa shape index (κ2) is 5.34. The molecule has 0 aromatic carbocycles. The van der Waals surface area contributed by atoms with Crippen molar-refractivity contribution >= 4 is 11.8 Å². The normalized spacial score (nSPS) is 14.8. The van der Waals surface area contributed by atoms with Gasteiger partial charge in [-0.1, -0.05) is 13.3 Å². The number of unbranched alkanes of at least 4 members (excludes halogenated alkanes) is 1. The number of nitrogens with zero attached hydrogens (tertiary/aromatic N) is 3. The number of anilines is 2. The molecule has 1 aromatic heterocycles. The van der Waals surface area contributed by atoms with Crippen molar-refractivity contribution in [1.82, 2.24) is 9.97 Å². The van der Waals surface area contributed by atoms with E-state index < -0.39 is 0 Å². The summed E-state index contributed by atoms with van der Waals surface area (Å²) < 4.78 is 0. The van der Waals surface area contributed by atoms with E-state index in [4.69, 9.17) is 0 Å². The Morgan fingerprint density at radius 2 is 2.24 bits per heavy atom. The molecule has 2 rings (SSSR count). The highest BCUT2D eigenvalue weighted by molar-refractivity contribution is 5.50. The van der Waals surface area contributed by atoms with Gasteiger partial charge in [0.2, 0.25) is 5.95 Å². The smallest absolute Gasteiger partial charge is 0.224 e. The van der Waals surface area contributed by atoms with Gasteiger partial charge in [0.15, 0.2) is 0 Å². The Hall–Kier alpha value is -1.32. The average molecular weight is 234 g/mol. The van der Waals surface area contributed by atoms with Gasteiger partial charge in [-0.25, -0.2) is 4.98 Å². The molecule has 1 aliphatic carbocycles. The van der Waals surface area contributed by atoms with Gasteiger partial charge in [-0.3, -0.25) is 0 Å². The quantitative estimate of drug-likeness (QED) is 0.821. The number of aryl methyl sites for hydroxylation is 1. The Morgan fingerprint density at radius 3 is 2.82 bits per heavy atom. The third-order valence-corrected chi connectivity index (χ3v) is 3.18. The van der Waals surface area contributed by atoms with Gasteiger partial charge in [-0.05, 0) is 26.2 Å². The van der Waals surface area contributed by atoms with Crippen LogP contribution in [0.15, 0.2) is 6.20 Å². The third kappa shape index (κ3) is 2.87. The van der Waals surface area contributed by atoms with Crippen LogP contribution in [0.3, 0.4) is 0 Å². The summed E-state index contributed by atoms with van der Waals surface area (Å²) in [5, 5.41) is 3.02. The summed E-state index contributed by atoms with van der Waals surface area (Å²) >= 11 is 0. The molecule has 0 unspecified atom stereocenters. The summed E-state index contributed by atoms with van der Waals surface area (Å²) in [5.41, 5.74) is 1.17. The maximum absolute atomic E-state index is 4.61. The predicted octanol–water partition coefficient (Wildman–Crippen LogP) is 2.60. The van der Waals surface area contributed by atoms with Crippen molar-refractivity contribution in [2.45, 2.75) is 45.6 Å². The molecule has 0 aliphatic heterocycles. The first kappa shape index (κ1) is 12.1. The van der Waals surface area contributed by atoms with E-state index in [2.05, 4.69) is 34.0 Å². The minimum atomic E-state index is 0.708. The molecule has 1 heterocycles. The second-order valence-corrected chi connectivity index (χ2v) is 4.73. The summed E-state index contributed by atoms with van der Waals surface area (Å²) in [6.45, 7) is 5.44. The van der Waals surface area contributed by atoms with Crippen LogP contribution in [0.5, 0.6) is 0 Å². The molecule has 0 saturated heterocycles. The summed E-state index contributed by atoms with van der Waals surface area (Å²) in [4.78, 5) is 11.3. The Labute approximate surface area is 103 Å². The molecule has 0 spiro atoms. The van der Waals surface area contributed by atoms with Crippen molar-refractivity contribution in [3.05, 3.63) is 11.8 Å². The molecule has 1 saturated carbocycles. The summed E-state index contributed by atoms with van der Waals surface area (Å²) in [6, 6.07) is 0.708. The Balaban J connectivity index is 2.21. The van der Waals surface area contributed by atoms with E-state index in [0.717, 1.165) is 12.4 Å². The first-order chi connectivity index (χ1) is 8.26. The number of hydrogen-bond acceptors (Lipinski definition) is 4. The van der Waals surface area contributed by atoms with Crippen molar-refractivity contribution in [2.24, 2.45) is 0 Å². The van der Waals surface area contributed by atoms with Crippen LogP contribution in [0.4, 0.5) is 11.8 Å². The summed E-state index contributed by atoms with van der Waals surface area (Å²) in [6.07, 6.45) is 6.99. The minimum absolute atomic E-state index is 0.708. The Kier molecular flexibility index (Phi) is 3.82. The molecule has 0 amide bonds. The lowest BCUT2D eigenvalue weighted by atomic mass is 10.2. The van der Waals surface area contributed by atoms with Gasteiger partial charge in [0.1, 0.15) is 5.82 Å². The molecule has 0 atom stereocenters. The fraction of sp³-hybridized carbons (Fsp3) is 0.692. The van der Waals surface area contributed by atoms with Crippen LogP contribution in [0, 0.1) is 6.92 Å². The molecule has 4 nitrogen and oxygen atoms in total. The van der Waals surface area contributed by atoms with Crippen LogP contribution in [0.25, 0.3) is 0 Å². The Bertz CT molecular complexity index is 374. The van der Waals surface area contributed by atoms with E-state index in [1.165, 1.54) is 31.2 Å².